The highest BCUT2D eigenvalue weighted by atomic mass is 32.2. The van der Waals surface area contributed by atoms with Gasteiger partial charge in [-0.25, -0.2) is 9.97 Å². The zero-order chi connectivity index (χ0) is 112. The van der Waals surface area contributed by atoms with E-state index in [1.54, 1.807) is 17.5 Å². The molecule has 9 heterocycles. The Bertz CT molecular complexity index is 3980. The van der Waals surface area contributed by atoms with Gasteiger partial charge in [-0.3, -0.25) is 15.1 Å². The lowest BCUT2D eigenvalue weighted by Gasteiger charge is -1.94. The van der Waals surface area contributed by atoms with Crippen LogP contribution in [-0.2, 0) is 57.8 Å². The summed E-state index contributed by atoms with van der Waals surface area (Å²) < 4.78 is 20.5. The smallest absolute Gasteiger partial charge is 0.231 e. The van der Waals surface area contributed by atoms with E-state index in [0.29, 0.717) is 6.79 Å². The van der Waals surface area contributed by atoms with E-state index < -0.39 is 0 Å². The summed E-state index contributed by atoms with van der Waals surface area (Å²) in [6.45, 7) is 90.3. The van der Waals surface area contributed by atoms with Gasteiger partial charge in [0.2, 0.25) is 6.79 Å². The molecule has 3 aliphatic carbocycles. The van der Waals surface area contributed by atoms with Gasteiger partial charge in [-0.1, -0.05) is 493 Å². The van der Waals surface area contributed by atoms with Crippen LogP contribution in [0.5, 0.6) is 17.2 Å². The number of H-pyrrole nitrogens is 2. The van der Waals surface area contributed by atoms with Crippen molar-refractivity contribution in [1.82, 2.24) is 35.1 Å². The first-order valence-corrected chi connectivity index (χ1v) is 57.6. The number of hydrogen-bond acceptors (Lipinski definition) is 11. The summed E-state index contributed by atoms with van der Waals surface area (Å²) in [4.78, 5) is 20.8. The largest absolute Gasteiger partial charge is 0.493 e. The van der Waals surface area contributed by atoms with Crippen LogP contribution in [0, 0.1) is 0 Å². The van der Waals surface area contributed by atoms with E-state index in [2.05, 4.69) is 180 Å². The highest BCUT2D eigenvalue weighted by Gasteiger charge is 2.13. The minimum Gasteiger partial charge on any atom is -0.493 e. The van der Waals surface area contributed by atoms with Crippen molar-refractivity contribution in [2.75, 3.05) is 31.0 Å². The summed E-state index contributed by atoms with van der Waals surface area (Å²) in [6.07, 6.45) is 25.8. The highest BCUT2D eigenvalue weighted by molar-refractivity contribution is 7.99. The fourth-order valence-electron chi connectivity index (χ4n) is 12.3. The number of fused-ring (bicyclic) bond motifs is 11. The predicted octanol–water partition coefficient (Wildman–Crippen LogP) is 42.7. The van der Waals surface area contributed by atoms with Crippen LogP contribution in [0.1, 0.15) is 374 Å². The molecule has 0 saturated heterocycles. The van der Waals surface area contributed by atoms with Gasteiger partial charge in [-0.15, -0.1) is 11.8 Å². The van der Waals surface area contributed by atoms with Gasteiger partial charge in [-0.2, -0.15) is 5.10 Å². The second kappa shape index (κ2) is 128. The molecule has 810 valence electrons. The van der Waals surface area contributed by atoms with Crippen LogP contribution in [0.25, 0.3) is 43.8 Å². The van der Waals surface area contributed by atoms with Gasteiger partial charge in [0.15, 0.2) is 23.5 Å². The normalized spacial score (nSPS) is 10.1. The first-order chi connectivity index (χ1) is 71.6. The molecule has 22 rings (SSSR count). The third kappa shape index (κ3) is 70.4. The summed E-state index contributed by atoms with van der Waals surface area (Å²) in [5.74, 6) is 4.03. The summed E-state index contributed by atoms with van der Waals surface area (Å²) in [7, 11) is 0. The number of aromatic amines is 2. The lowest BCUT2D eigenvalue weighted by atomic mass is 10.1. The molecule has 3 N–H and O–H groups in total. The average molecular weight is 2000 g/mol. The Hall–Kier alpha value is -11.3. The van der Waals surface area contributed by atoms with Crippen LogP contribution in [0.2, 0.25) is 0 Å². The molecular weight excluding hydrogens is 1780 g/mol. The van der Waals surface area contributed by atoms with Crippen LogP contribution in [0.3, 0.4) is 0 Å². The molecule has 4 aliphatic heterocycles. The van der Waals surface area contributed by atoms with Crippen LogP contribution < -0.4 is 19.5 Å². The SMILES string of the molecule is CC.CC.CC.CC.CC.CC.CC.CC.CC.CC.CC.CC.CC.CC.CC.CC.CC.CC.CC.CC.CC.CC.c1cc2c(cn1)CCC2.c1ccc2[nH]cnc2c1.c1ccc2[nH]ncc2c1.c1ccc2c(c1)CCC2.c1ccc2c(c1)CCN2.c1ccc2c(c1)CCO2.c1ccc2c(c1)CCS2.c1ccc2c(c1)OCO2.c1ccc2ccccc2c1.c1ccc2ocnc2c1.c1cnc2c(c1)CCC2. The lowest BCUT2D eigenvalue weighted by molar-refractivity contribution is 0.174. The predicted molar refractivity (Wildman–Crippen MR) is 659 cm³/mol. The molecule has 12 nitrogen and oxygen atoms in total. The van der Waals surface area contributed by atoms with Crippen LogP contribution >= 0.6 is 11.8 Å². The van der Waals surface area contributed by atoms with Gasteiger partial charge >= 0.3 is 0 Å². The maximum Gasteiger partial charge on any atom is 0.231 e. The number of oxazole rings is 1. The van der Waals surface area contributed by atoms with E-state index in [1.165, 1.54) is 143 Å². The van der Waals surface area contributed by atoms with Gasteiger partial charge in [0, 0.05) is 59.0 Å². The van der Waals surface area contributed by atoms with Crippen molar-refractivity contribution >= 4 is 61.3 Å². The van der Waals surface area contributed by atoms with Crippen LogP contribution in [0.4, 0.5) is 5.69 Å². The van der Waals surface area contributed by atoms with Crippen LogP contribution in [0.15, 0.2) is 308 Å². The monoisotopic (exact) mass is 2000 g/mol. The maximum absolute atomic E-state index is 5.30. The van der Waals surface area contributed by atoms with Gasteiger partial charge in [-0.05, 0) is 199 Å². The number of aryl methyl sites for hydroxylation is 7. The number of anilines is 1. The van der Waals surface area contributed by atoms with Gasteiger partial charge in [0.25, 0.3) is 0 Å². The quantitative estimate of drug-likeness (QED) is 0.133. The number of thioether (sulfide) groups is 1. The van der Waals surface area contributed by atoms with Crippen molar-refractivity contribution in [3.63, 3.8) is 0 Å². The molecule has 0 radical (unpaired) electrons. The lowest BCUT2D eigenvalue weighted by Crippen LogP contribution is -1.92. The number of nitrogens with zero attached hydrogens (tertiary/aromatic N) is 5. The molecule has 13 heteroatoms. The Labute approximate surface area is 892 Å². The molecule has 5 aromatic heterocycles. The summed E-state index contributed by atoms with van der Waals surface area (Å²) >= 11 is 1.97. The summed E-state index contributed by atoms with van der Waals surface area (Å²) in [5.41, 5.74) is 19.5. The highest BCUT2D eigenvalue weighted by Crippen LogP contribution is 2.32. The third-order valence-corrected chi connectivity index (χ3v) is 18.7. The van der Waals surface area contributed by atoms with E-state index >= 15 is 0 Å². The second-order valence-corrected chi connectivity index (χ2v) is 25.4. The summed E-state index contributed by atoms with van der Waals surface area (Å²) in [6, 6.07) is 88.3. The number of rotatable bonds is 0. The van der Waals surface area contributed by atoms with E-state index in [0.717, 1.165) is 69.9 Å². The number of aromatic nitrogens is 7. The molecule has 0 spiro atoms. The van der Waals surface area contributed by atoms with Crippen molar-refractivity contribution in [3.05, 3.63) is 349 Å². The Morgan fingerprint density at radius 2 is 0.667 bits per heavy atom. The van der Waals surface area contributed by atoms with Crippen molar-refractivity contribution in [1.29, 1.82) is 0 Å². The minimum atomic E-state index is 0.360. The Kier molecular flexibility index (Phi) is 138. The standard InChI is InChI=1S/C10H8.C9H10.3C8H9N.C8H8O.C8H8S.2C7H6N2.C7H5NO.C7H6O2.22C2H6/c1-2-6-10-8-4-3-7-9(10)5-1;1-2-5-9-7-3-6-8(9)4-1;1-3-7-4-2-6-9-8(7)5-1;1-2-7-4-5-9-6-8(7)3-1;3*1-2-4-8-7(3-1)5-6-9-8;1-2-4-7-6(3-1)8-5-9-7;1-2-4-7-6(3-1)5-8-9-7;2*1-2-4-7-6(3-1)8-5-9-7;22*1-2/h1-8H;1-2,4-5H,3,6-7H2;2,4,6H,1,3,5H2;4-6H,1-3H2;1-4,9H,5-6H2;2*1-4H,5-6H2;2*1-5H,(H,8,9);1-5H;1-4H,5H2;22*1-2H3. The zero-order valence-corrected chi connectivity index (χ0v) is 101. The van der Waals surface area contributed by atoms with Gasteiger partial charge < -0.3 is 28.9 Å². The second-order valence-electron chi connectivity index (χ2n) is 24.2. The Morgan fingerprint density at radius 1 is 0.271 bits per heavy atom. The molecule has 7 aliphatic rings. The van der Waals surface area contributed by atoms with Gasteiger partial charge in [0.05, 0.1) is 35.7 Å². The number of hydrogen-bond donors (Lipinski definition) is 3. The number of ether oxygens (including phenoxy) is 3. The Morgan fingerprint density at radius 3 is 1.14 bits per heavy atom. The molecule has 144 heavy (non-hydrogen) atoms. The number of pyridine rings is 2. The van der Waals surface area contributed by atoms with Crippen molar-refractivity contribution in [2.24, 2.45) is 0 Å². The van der Waals surface area contributed by atoms with E-state index in [4.69, 9.17) is 18.6 Å². The molecule has 0 unspecified atom stereocenters. The molecule has 15 aromatic rings. The first-order valence-electron chi connectivity index (χ1n) is 56.6. The summed E-state index contributed by atoms with van der Waals surface area (Å²) in [5, 5.41) is 13.8. The number of nitrogens with one attached hydrogen (secondary N) is 3. The number of imidazole rings is 1. The fraction of sp³-hybridized carbons (Fsp3) is 0.458. The van der Waals surface area contributed by atoms with Gasteiger partial charge in [0.1, 0.15) is 11.3 Å². The molecular formula is C131H216N8O4S. The maximum atomic E-state index is 5.30. The van der Waals surface area contributed by atoms with Crippen molar-refractivity contribution in [3.8, 4) is 17.2 Å². The molecule has 0 fully saturated rings. The van der Waals surface area contributed by atoms with Crippen molar-refractivity contribution in [2.45, 2.75) is 387 Å². The molecule has 10 aromatic carbocycles. The van der Waals surface area contributed by atoms with Crippen LogP contribution in [-0.4, -0.2) is 60.8 Å². The molecule has 0 saturated carbocycles. The molecule has 0 amide bonds. The van der Waals surface area contributed by atoms with Crippen molar-refractivity contribution < 1.29 is 18.6 Å². The first kappa shape index (κ1) is 155. The molecule has 0 atom stereocenters. The van der Waals surface area contributed by atoms with E-state index in [1.807, 2.05) is 463 Å². The third-order valence-electron chi connectivity index (χ3n) is 17.5. The zero-order valence-electron chi connectivity index (χ0n) is 100. The van der Waals surface area contributed by atoms with E-state index in [-0.39, 0.29) is 0 Å². The minimum absolute atomic E-state index is 0.360. The Balaban J connectivity index is -0.000000144. The fourth-order valence-corrected chi connectivity index (χ4v) is 13.4. The topological polar surface area (TPSA) is 149 Å². The average Bonchev–Trinajstić information content (AvgIpc) is 1.20. The molecule has 0 bridgehead atoms. The number of para-hydroxylation sites is 9. The number of benzene rings is 10. The van der Waals surface area contributed by atoms with E-state index in [9.17, 15) is 0 Å².